The summed E-state index contributed by atoms with van der Waals surface area (Å²) in [5.41, 5.74) is -1.15. The van der Waals surface area contributed by atoms with Crippen LogP contribution in [0.1, 0.15) is 38.9 Å². The van der Waals surface area contributed by atoms with E-state index in [0.717, 1.165) is 5.76 Å². The molecule has 18 heavy (non-hydrogen) atoms. The number of carboxylic acids is 1. The fourth-order valence-corrected chi connectivity index (χ4v) is 1.80. The minimum absolute atomic E-state index is 0.225. The molecule has 1 aromatic heterocycles. The van der Waals surface area contributed by atoms with E-state index in [1.807, 2.05) is 0 Å². The Labute approximate surface area is 106 Å². The molecule has 100 valence electrons. The van der Waals surface area contributed by atoms with Gasteiger partial charge in [-0.1, -0.05) is 13.8 Å². The van der Waals surface area contributed by atoms with E-state index in [-0.39, 0.29) is 12.3 Å². The number of amides is 1. The van der Waals surface area contributed by atoms with Crippen LogP contribution in [-0.2, 0) is 16.0 Å². The van der Waals surface area contributed by atoms with Gasteiger partial charge in [-0.05, 0) is 25.0 Å². The van der Waals surface area contributed by atoms with Crippen molar-refractivity contribution in [2.75, 3.05) is 0 Å². The average Bonchev–Trinajstić information content (AvgIpc) is 2.86. The lowest BCUT2D eigenvalue weighted by Gasteiger charge is -2.28. The molecule has 0 saturated heterocycles. The van der Waals surface area contributed by atoms with Gasteiger partial charge in [-0.25, -0.2) is 4.79 Å². The molecule has 1 aromatic rings. The van der Waals surface area contributed by atoms with Gasteiger partial charge in [0.25, 0.3) is 0 Å². The van der Waals surface area contributed by atoms with Crippen molar-refractivity contribution in [3.05, 3.63) is 24.2 Å². The summed E-state index contributed by atoms with van der Waals surface area (Å²) in [5, 5.41) is 11.8. The number of carbonyl (C=O) groups is 2. The molecule has 0 bridgehead atoms. The Balaban J connectivity index is 2.54. The summed E-state index contributed by atoms with van der Waals surface area (Å²) in [6.45, 7) is 3.51. The fraction of sp³-hybridized carbons (Fsp3) is 0.538. The Morgan fingerprint density at radius 3 is 2.50 bits per heavy atom. The van der Waals surface area contributed by atoms with Crippen molar-refractivity contribution in [2.45, 2.75) is 45.1 Å². The first-order valence-electron chi connectivity index (χ1n) is 6.11. The normalized spacial score (nSPS) is 11.2. The van der Waals surface area contributed by atoms with Gasteiger partial charge in [-0.15, -0.1) is 0 Å². The summed E-state index contributed by atoms with van der Waals surface area (Å²) in [7, 11) is 0. The molecule has 0 aliphatic heterocycles. The number of hydrogen-bond acceptors (Lipinski definition) is 3. The summed E-state index contributed by atoms with van der Waals surface area (Å²) in [6, 6.07) is 3.55. The number of carboxylic acid groups (broad SMARTS) is 1. The zero-order chi connectivity index (χ0) is 13.6. The smallest absolute Gasteiger partial charge is 0.329 e. The predicted molar refractivity (Wildman–Crippen MR) is 66.1 cm³/mol. The second-order valence-electron chi connectivity index (χ2n) is 4.22. The van der Waals surface area contributed by atoms with Crippen LogP contribution in [0.2, 0.25) is 0 Å². The van der Waals surface area contributed by atoms with Gasteiger partial charge in [0.2, 0.25) is 5.91 Å². The van der Waals surface area contributed by atoms with Crippen molar-refractivity contribution < 1.29 is 19.1 Å². The van der Waals surface area contributed by atoms with Crippen molar-refractivity contribution in [2.24, 2.45) is 0 Å². The maximum Gasteiger partial charge on any atom is 0.329 e. The summed E-state index contributed by atoms with van der Waals surface area (Å²) in [5.74, 6) is -0.532. The third kappa shape index (κ3) is 3.35. The lowest BCUT2D eigenvalue weighted by atomic mass is 9.92. The standard InChI is InChI=1S/C13H19NO4/c1-3-13(4-2,12(16)17)14-11(15)8-7-10-6-5-9-18-10/h5-6,9H,3-4,7-8H2,1-2H3,(H,14,15)(H,16,17). The van der Waals surface area contributed by atoms with Gasteiger partial charge in [-0.3, -0.25) is 4.79 Å². The number of furan rings is 1. The van der Waals surface area contributed by atoms with E-state index in [2.05, 4.69) is 5.32 Å². The zero-order valence-electron chi connectivity index (χ0n) is 10.7. The van der Waals surface area contributed by atoms with Crippen molar-refractivity contribution in [3.63, 3.8) is 0 Å². The molecular weight excluding hydrogens is 234 g/mol. The van der Waals surface area contributed by atoms with Crippen LogP contribution < -0.4 is 5.32 Å². The molecule has 0 spiro atoms. The van der Waals surface area contributed by atoms with E-state index in [0.29, 0.717) is 19.3 Å². The lowest BCUT2D eigenvalue weighted by Crippen LogP contribution is -2.53. The number of rotatable bonds is 7. The molecular formula is C13H19NO4. The summed E-state index contributed by atoms with van der Waals surface area (Å²) in [4.78, 5) is 23.0. The van der Waals surface area contributed by atoms with Crippen LogP contribution in [0.4, 0.5) is 0 Å². The van der Waals surface area contributed by atoms with Crippen LogP contribution in [0.15, 0.2) is 22.8 Å². The van der Waals surface area contributed by atoms with Crippen molar-refractivity contribution in [1.29, 1.82) is 0 Å². The van der Waals surface area contributed by atoms with E-state index in [9.17, 15) is 14.7 Å². The Morgan fingerprint density at radius 2 is 2.06 bits per heavy atom. The lowest BCUT2D eigenvalue weighted by molar-refractivity contribution is -0.148. The van der Waals surface area contributed by atoms with E-state index in [1.165, 1.54) is 0 Å². The number of aliphatic carboxylic acids is 1. The van der Waals surface area contributed by atoms with Crippen LogP contribution in [-0.4, -0.2) is 22.5 Å². The topological polar surface area (TPSA) is 79.5 Å². The largest absolute Gasteiger partial charge is 0.480 e. The van der Waals surface area contributed by atoms with Crippen LogP contribution >= 0.6 is 0 Å². The first kappa shape index (κ1) is 14.3. The minimum atomic E-state index is -1.15. The van der Waals surface area contributed by atoms with E-state index >= 15 is 0 Å². The average molecular weight is 253 g/mol. The molecule has 1 heterocycles. The van der Waals surface area contributed by atoms with Gasteiger partial charge in [0.05, 0.1) is 6.26 Å². The molecule has 1 amide bonds. The predicted octanol–water partition coefficient (Wildman–Crippen LogP) is 1.97. The second kappa shape index (κ2) is 6.23. The highest BCUT2D eigenvalue weighted by atomic mass is 16.4. The SMILES string of the molecule is CCC(CC)(NC(=O)CCc1ccco1)C(=O)O. The Bertz CT molecular complexity index is 393. The first-order valence-corrected chi connectivity index (χ1v) is 6.11. The van der Waals surface area contributed by atoms with Crippen LogP contribution in [0.3, 0.4) is 0 Å². The molecule has 0 fully saturated rings. The monoisotopic (exact) mass is 253 g/mol. The second-order valence-corrected chi connectivity index (χ2v) is 4.22. The quantitative estimate of drug-likeness (QED) is 0.778. The Morgan fingerprint density at radius 1 is 1.39 bits per heavy atom. The third-order valence-corrected chi connectivity index (χ3v) is 3.17. The van der Waals surface area contributed by atoms with Gasteiger partial charge >= 0.3 is 5.97 Å². The van der Waals surface area contributed by atoms with Crippen LogP contribution in [0.25, 0.3) is 0 Å². The van der Waals surface area contributed by atoms with E-state index in [1.54, 1.807) is 32.2 Å². The van der Waals surface area contributed by atoms with Crippen molar-refractivity contribution >= 4 is 11.9 Å². The van der Waals surface area contributed by atoms with Crippen LogP contribution in [0, 0.1) is 0 Å². The highest BCUT2D eigenvalue weighted by Crippen LogP contribution is 2.16. The number of aryl methyl sites for hydroxylation is 1. The molecule has 1 rings (SSSR count). The molecule has 0 unspecified atom stereocenters. The highest BCUT2D eigenvalue weighted by Gasteiger charge is 2.36. The molecule has 5 nitrogen and oxygen atoms in total. The molecule has 0 aliphatic rings. The van der Waals surface area contributed by atoms with Crippen molar-refractivity contribution in [1.82, 2.24) is 5.32 Å². The molecule has 0 aromatic carbocycles. The molecule has 2 N–H and O–H groups in total. The highest BCUT2D eigenvalue weighted by molar-refractivity contribution is 5.86. The molecule has 0 atom stereocenters. The third-order valence-electron chi connectivity index (χ3n) is 3.17. The maximum atomic E-state index is 11.8. The minimum Gasteiger partial charge on any atom is -0.480 e. The van der Waals surface area contributed by atoms with Gasteiger partial charge in [-0.2, -0.15) is 0 Å². The number of hydrogen-bond donors (Lipinski definition) is 2. The first-order chi connectivity index (χ1) is 8.54. The van der Waals surface area contributed by atoms with E-state index < -0.39 is 11.5 Å². The van der Waals surface area contributed by atoms with Crippen molar-refractivity contribution in [3.8, 4) is 0 Å². The van der Waals surface area contributed by atoms with Gasteiger partial charge < -0.3 is 14.8 Å². The van der Waals surface area contributed by atoms with Gasteiger partial charge in [0.1, 0.15) is 11.3 Å². The molecule has 0 radical (unpaired) electrons. The van der Waals surface area contributed by atoms with Crippen LogP contribution in [0.5, 0.6) is 0 Å². The van der Waals surface area contributed by atoms with E-state index in [4.69, 9.17) is 4.42 Å². The maximum absolute atomic E-state index is 11.8. The summed E-state index contributed by atoms with van der Waals surface area (Å²) < 4.78 is 5.12. The number of nitrogens with one attached hydrogen (secondary N) is 1. The summed E-state index contributed by atoms with van der Waals surface area (Å²) >= 11 is 0. The summed E-state index contributed by atoms with van der Waals surface area (Å²) in [6.07, 6.45) is 2.98. The fourth-order valence-electron chi connectivity index (χ4n) is 1.80. The molecule has 0 saturated carbocycles. The zero-order valence-corrected chi connectivity index (χ0v) is 10.7. The number of carbonyl (C=O) groups excluding carboxylic acids is 1. The van der Waals surface area contributed by atoms with Gasteiger partial charge in [0, 0.05) is 12.8 Å². The Hall–Kier alpha value is -1.78. The molecule has 5 heteroatoms. The van der Waals surface area contributed by atoms with Gasteiger partial charge in [0.15, 0.2) is 0 Å². The molecule has 0 aliphatic carbocycles. The Kier molecular flexibility index (Phi) is 4.95.